The van der Waals surface area contributed by atoms with Crippen molar-refractivity contribution < 1.29 is 24.1 Å². The second kappa shape index (κ2) is 5.77. The molecule has 2 aromatic carbocycles. The molecule has 0 radical (unpaired) electrons. The molecule has 0 aromatic heterocycles. The number of epoxide rings is 1. The standard InChI is InChI=1S/C20H20O5/c1-20(2)18(25-20)11-23-13-8-14(21)19-15(22)10-16(24-17(19)9-13)12-6-4-3-5-7-12/h3-9,16,18,21H,10-11H2,1-2H3. The van der Waals surface area contributed by atoms with Crippen LogP contribution in [0.2, 0.25) is 0 Å². The van der Waals surface area contributed by atoms with Crippen LogP contribution in [-0.2, 0) is 4.74 Å². The average molecular weight is 340 g/mol. The van der Waals surface area contributed by atoms with Gasteiger partial charge in [-0.2, -0.15) is 0 Å². The minimum Gasteiger partial charge on any atom is -0.507 e. The maximum Gasteiger partial charge on any atom is 0.174 e. The number of fused-ring (bicyclic) bond motifs is 1. The van der Waals surface area contributed by atoms with E-state index in [1.165, 1.54) is 6.07 Å². The fourth-order valence-corrected chi connectivity index (χ4v) is 3.09. The maximum atomic E-state index is 12.5. The zero-order valence-corrected chi connectivity index (χ0v) is 14.2. The Hall–Kier alpha value is -2.53. The highest BCUT2D eigenvalue weighted by molar-refractivity contribution is 6.02. The normalized spacial score (nSPS) is 23.5. The van der Waals surface area contributed by atoms with E-state index in [9.17, 15) is 9.90 Å². The van der Waals surface area contributed by atoms with Gasteiger partial charge in [-0.15, -0.1) is 0 Å². The zero-order chi connectivity index (χ0) is 17.6. The van der Waals surface area contributed by atoms with Crippen molar-refractivity contribution in [1.82, 2.24) is 0 Å². The van der Waals surface area contributed by atoms with Crippen LogP contribution in [-0.4, -0.2) is 29.2 Å². The highest BCUT2D eigenvalue weighted by Gasteiger charge is 2.48. The summed E-state index contributed by atoms with van der Waals surface area (Å²) in [5.41, 5.74) is 0.990. The molecule has 25 heavy (non-hydrogen) atoms. The SMILES string of the molecule is CC1(C)OC1COc1cc(O)c2c(c1)OC(c1ccccc1)CC2=O. The lowest BCUT2D eigenvalue weighted by atomic mass is 9.95. The zero-order valence-electron chi connectivity index (χ0n) is 14.2. The number of hydrogen-bond donors (Lipinski definition) is 1. The fraction of sp³-hybridized carbons (Fsp3) is 0.350. The molecule has 0 spiro atoms. The van der Waals surface area contributed by atoms with Crippen LogP contribution >= 0.6 is 0 Å². The van der Waals surface area contributed by atoms with Crippen molar-refractivity contribution in [2.45, 2.75) is 38.1 Å². The molecule has 2 aliphatic rings. The van der Waals surface area contributed by atoms with E-state index in [4.69, 9.17) is 14.2 Å². The van der Waals surface area contributed by atoms with Crippen molar-refractivity contribution in [2.24, 2.45) is 0 Å². The first-order chi connectivity index (χ1) is 11.9. The predicted molar refractivity (Wildman–Crippen MR) is 91.3 cm³/mol. The van der Waals surface area contributed by atoms with Crippen molar-refractivity contribution in [1.29, 1.82) is 0 Å². The molecule has 0 aliphatic carbocycles. The van der Waals surface area contributed by atoms with Gasteiger partial charge < -0.3 is 19.3 Å². The van der Waals surface area contributed by atoms with E-state index in [2.05, 4.69) is 0 Å². The van der Waals surface area contributed by atoms with Gasteiger partial charge in [-0.05, 0) is 19.4 Å². The van der Waals surface area contributed by atoms with Crippen LogP contribution in [0, 0.1) is 0 Å². The molecule has 2 heterocycles. The molecule has 2 unspecified atom stereocenters. The van der Waals surface area contributed by atoms with Gasteiger partial charge in [0.25, 0.3) is 0 Å². The Morgan fingerprint density at radius 3 is 2.64 bits per heavy atom. The van der Waals surface area contributed by atoms with Crippen LogP contribution in [0.1, 0.15) is 42.3 Å². The van der Waals surface area contributed by atoms with Gasteiger partial charge in [0.05, 0.1) is 12.0 Å². The lowest BCUT2D eigenvalue weighted by Crippen LogP contribution is -2.20. The highest BCUT2D eigenvalue weighted by atomic mass is 16.6. The Morgan fingerprint density at radius 2 is 1.96 bits per heavy atom. The van der Waals surface area contributed by atoms with Crippen molar-refractivity contribution in [3.05, 3.63) is 53.6 Å². The molecule has 0 saturated carbocycles. The lowest BCUT2D eigenvalue weighted by Gasteiger charge is -2.26. The summed E-state index contributed by atoms with van der Waals surface area (Å²) < 4.78 is 17.2. The molecule has 5 nitrogen and oxygen atoms in total. The Kier molecular flexibility index (Phi) is 3.69. The summed E-state index contributed by atoms with van der Waals surface area (Å²) in [6, 6.07) is 12.7. The number of benzene rings is 2. The summed E-state index contributed by atoms with van der Waals surface area (Å²) in [5, 5.41) is 10.2. The Labute approximate surface area is 146 Å². The van der Waals surface area contributed by atoms with Crippen molar-refractivity contribution >= 4 is 5.78 Å². The number of hydrogen-bond acceptors (Lipinski definition) is 5. The number of phenolic OH excluding ortho intramolecular Hbond substituents is 1. The summed E-state index contributed by atoms with van der Waals surface area (Å²) in [5.74, 6) is 0.575. The predicted octanol–water partition coefficient (Wildman–Crippen LogP) is 3.65. The lowest BCUT2D eigenvalue weighted by molar-refractivity contribution is 0.0844. The number of phenols is 1. The third-order valence-electron chi connectivity index (χ3n) is 4.71. The molecular weight excluding hydrogens is 320 g/mol. The molecule has 2 aliphatic heterocycles. The molecule has 2 atom stereocenters. The molecule has 130 valence electrons. The third-order valence-corrected chi connectivity index (χ3v) is 4.71. The molecule has 1 fully saturated rings. The topological polar surface area (TPSA) is 68.3 Å². The fourth-order valence-electron chi connectivity index (χ4n) is 3.09. The number of aromatic hydroxyl groups is 1. The second-order valence-electron chi connectivity index (χ2n) is 6.98. The molecule has 1 N–H and O–H groups in total. The highest BCUT2D eigenvalue weighted by Crippen LogP contribution is 2.42. The summed E-state index contributed by atoms with van der Waals surface area (Å²) in [7, 11) is 0. The first-order valence-corrected chi connectivity index (χ1v) is 8.36. The van der Waals surface area contributed by atoms with Crippen molar-refractivity contribution in [2.75, 3.05) is 6.61 Å². The monoisotopic (exact) mass is 340 g/mol. The average Bonchev–Trinajstić information content (AvgIpc) is 3.20. The smallest absolute Gasteiger partial charge is 0.174 e. The number of ether oxygens (including phenoxy) is 3. The quantitative estimate of drug-likeness (QED) is 0.861. The Balaban J connectivity index is 1.57. The molecule has 4 rings (SSSR count). The van der Waals surface area contributed by atoms with E-state index < -0.39 is 0 Å². The first kappa shape index (κ1) is 16.0. The van der Waals surface area contributed by atoms with Crippen LogP contribution in [0.3, 0.4) is 0 Å². The van der Waals surface area contributed by atoms with E-state index in [0.29, 0.717) is 18.1 Å². The van der Waals surface area contributed by atoms with Crippen LogP contribution in [0.25, 0.3) is 0 Å². The van der Waals surface area contributed by atoms with Gasteiger partial charge in [-0.1, -0.05) is 30.3 Å². The largest absolute Gasteiger partial charge is 0.507 e. The number of ketones is 1. The van der Waals surface area contributed by atoms with Gasteiger partial charge >= 0.3 is 0 Å². The van der Waals surface area contributed by atoms with Gasteiger partial charge in [-0.25, -0.2) is 0 Å². The van der Waals surface area contributed by atoms with E-state index in [0.717, 1.165) is 5.56 Å². The molecule has 2 aromatic rings. The van der Waals surface area contributed by atoms with Gasteiger partial charge in [0.1, 0.15) is 41.6 Å². The summed E-state index contributed by atoms with van der Waals surface area (Å²) in [6.07, 6.45) is -0.124. The van der Waals surface area contributed by atoms with Crippen molar-refractivity contribution in [3.8, 4) is 17.2 Å². The summed E-state index contributed by atoms with van der Waals surface area (Å²) in [6.45, 7) is 4.39. The van der Waals surface area contributed by atoms with Gasteiger partial charge in [0.2, 0.25) is 0 Å². The minimum absolute atomic E-state index is 0.0327. The molecular formula is C20H20O5. The molecule has 0 bridgehead atoms. The Morgan fingerprint density at radius 1 is 1.24 bits per heavy atom. The van der Waals surface area contributed by atoms with Crippen LogP contribution in [0.5, 0.6) is 17.2 Å². The van der Waals surface area contributed by atoms with Gasteiger partial charge in [-0.3, -0.25) is 4.79 Å². The van der Waals surface area contributed by atoms with Crippen LogP contribution in [0.15, 0.2) is 42.5 Å². The van der Waals surface area contributed by atoms with Crippen LogP contribution < -0.4 is 9.47 Å². The first-order valence-electron chi connectivity index (χ1n) is 8.36. The van der Waals surface area contributed by atoms with E-state index in [1.54, 1.807) is 6.07 Å². The molecule has 5 heteroatoms. The van der Waals surface area contributed by atoms with E-state index in [-0.39, 0.29) is 41.3 Å². The van der Waals surface area contributed by atoms with Crippen LogP contribution in [0.4, 0.5) is 0 Å². The minimum atomic E-state index is -0.360. The summed E-state index contributed by atoms with van der Waals surface area (Å²) in [4.78, 5) is 12.5. The van der Waals surface area contributed by atoms with E-state index in [1.807, 2.05) is 44.2 Å². The van der Waals surface area contributed by atoms with Gasteiger partial charge in [0, 0.05) is 12.1 Å². The molecule has 0 amide bonds. The Bertz CT molecular complexity index is 812. The molecule has 1 saturated heterocycles. The number of Topliss-reactive ketones (excluding diaryl/α,β-unsaturated/α-hetero) is 1. The number of rotatable bonds is 4. The maximum absolute atomic E-state index is 12.5. The van der Waals surface area contributed by atoms with Gasteiger partial charge in [0.15, 0.2) is 5.78 Å². The second-order valence-corrected chi connectivity index (χ2v) is 6.98. The summed E-state index contributed by atoms with van der Waals surface area (Å²) >= 11 is 0. The third kappa shape index (κ3) is 3.07. The van der Waals surface area contributed by atoms with Crippen molar-refractivity contribution in [3.63, 3.8) is 0 Å². The number of carbonyl (C=O) groups is 1. The van der Waals surface area contributed by atoms with E-state index >= 15 is 0 Å². The number of carbonyl (C=O) groups excluding carboxylic acids is 1.